The van der Waals surface area contributed by atoms with Crippen molar-refractivity contribution < 1.29 is 9.18 Å². The third-order valence-electron chi connectivity index (χ3n) is 5.62. The zero-order valence-electron chi connectivity index (χ0n) is 17.9. The van der Waals surface area contributed by atoms with E-state index in [9.17, 15) is 9.18 Å². The van der Waals surface area contributed by atoms with Crippen molar-refractivity contribution >= 4 is 16.9 Å². The summed E-state index contributed by atoms with van der Waals surface area (Å²) in [7, 11) is 0. The second kappa shape index (κ2) is 8.68. The van der Waals surface area contributed by atoms with Crippen LogP contribution in [0.3, 0.4) is 0 Å². The number of pyridine rings is 1. The van der Waals surface area contributed by atoms with E-state index < -0.39 is 6.04 Å². The maximum Gasteiger partial charge on any atom is 0.243 e. The monoisotopic (exact) mass is 416 g/mol. The van der Waals surface area contributed by atoms with Gasteiger partial charge in [0.05, 0.1) is 23.3 Å². The minimum absolute atomic E-state index is 0.141. The van der Waals surface area contributed by atoms with E-state index in [0.29, 0.717) is 24.4 Å². The normalized spacial score (nSPS) is 12.1. The van der Waals surface area contributed by atoms with Crippen molar-refractivity contribution in [2.45, 2.75) is 39.8 Å². The zero-order chi connectivity index (χ0) is 22.0. The van der Waals surface area contributed by atoms with E-state index in [0.717, 1.165) is 27.9 Å². The number of nitrogens with zero attached hydrogens (tertiary/aromatic N) is 3. The van der Waals surface area contributed by atoms with Crippen molar-refractivity contribution in [2.75, 3.05) is 0 Å². The Bertz CT molecular complexity index is 1230. The third-order valence-corrected chi connectivity index (χ3v) is 5.62. The van der Waals surface area contributed by atoms with Crippen molar-refractivity contribution in [3.8, 4) is 0 Å². The molecule has 2 aromatic heterocycles. The molecule has 158 valence electrons. The molecule has 0 aliphatic rings. The van der Waals surface area contributed by atoms with Crippen molar-refractivity contribution in [3.05, 3.63) is 94.8 Å². The summed E-state index contributed by atoms with van der Waals surface area (Å²) in [6.07, 6.45) is 2.00. The lowest BCUT2D eigenvalue weighted by molar-refractivity contribution is -0.124. The molecule has 6 heteroatoms. The number of halogens is 1. The number of rotatable bonds is 6. The van der Waals surface area contributed by atoms with E-state index in [4.69, 9.17) is 4.98 Å². The largest absolute Gasteiger partial charge is 0.349 e. The smallest absolute Gasteiger partial charge is 0.243 e. The molecule has 0 aliphatic carbocycles. The van der Waals surface area contributed by atoms with E-state index in [2.05, 4.69) is 10.3 Å². The predicted molar refractivity (Wildman–Crippen MR) is 119 cm³/mol. The van der Waals surface area contributed by atoms with E-state index in [1.807, 2.05) is 61.7 Å². The minimum atomic E-state index is -0.516. The molecule has 2 heterocycles. The Hall–Kier alpha value is -3.54. The van der Waals surface area contributed by atoms with Gasteiger partial charge in [-0.3, -0.25) is 9.78 Å². The van der Waals surface area contributed by atoms with Crippen LogP contribution in [-0.4, -0.2) is 20.4 Å². The second-order valence-electron chi connectivity index (χ2n) is 7.81. The molecule has 4 aromatic rings. The molecule has 1 atom stereocenters. The standard InChI is InChI=1S/C25H25FN4O/c1-16-12-22-23(13-17(16)2)30(24(29-22)14-19-8-4-5-10-21(19)26)18(3)25(31)28-15-20-9-6-7-11-27-20/h4-13,18H,14-15H2,1-3H3,(H,28,31)/t18-/m1/s1. The molecule has 0 radical (unpaired) electrons. The summed E-state index contributed by atoms with van der Waals surface area (Å²) in [5, 5.41) is 2.96. The van der Waals surface area contributed by atoms with Gasteiger partial charge in [-0.2, -0.15) is 0 Å². The van der Waals surface area contributed by atoms with Crippen molar-refractivity contribution in [1.82, 2.24) is 19.9 Å². The van der Waals surface area contributed by atoms with Crippen molar-refractivity contribution in [1.29, 1.82) is 0 Å². The highest BCUT2D eigenvalue weighted by molar-refractivity contribution is 5.84. The number of amides is 1. The van der Waals surface area contributed by atoms with E-state index in [-0.39, 0.29) is 11.7 Å². The van der Waals surface area contributed by atoms with Crippen molar-refractivity contribution in [3.63, 3.8) is 0 Å². The summed E-state index contributed by atoms with van der Waals surface area (Å²) in [4.78, 5) is 22.0. The second-order valence-corrected chi connectivity index (χ2v) is 7.81. The molecular formula is C25H25FN4O. The van der Waals surface area contributed by atoms with Gasteiger partial charge in [-0.25, -0.2) is 9.37 Å². The first-order valence-corrected chi connectivity index (χ1v) is 10.3. The molecule has 1 amide bonds. The fraction of sp³-hybridized carbons (Fsp3) is 0.240. The molecule has 0 spiro atoms. The first-order chi connectivity index (χ1) is 14.9. The van der Waals surface area contributed by atoms with Crippen LogP contribution in [0, 0.1) is 19.7 Å². The first-order valence-electron chi connectivity index (χ1n) is 10.3. The lowest BCUT2D eigenvalue weighted by atomic mass is 10.1. The highest BCUT2D eigenvalue weighted by Crippen LogP contribution is 2.26. The molecule has 0 aliphatic heterocycles. The van der Waals surface area contributed by atoms with Gasteiger partial charge in [0.15, 0.2) is 0 Å². The maximum atomic E-state index is 14.3. The van der Waals surface area contributed by atoms with Gasteiger partial charge in [0.1, 0.15) is 17.7 Å². The van der Waals surface area contributed by atoms with Crippen LogP contribution in [0.4, 0.5) is 4.39 Å². The number of aromatic nitrogens is 3. The molecule has 2 aromatic carbocycles. The Morgan fingerprint density at radius 1 is 1.10 bits per heavy atom. The number of fused-ring (bicyclic) bond motifs is 1. The van der Waals surface area contributed by atoms with Crippen molar-refractivity contribution in [2.24, 2.45) is 0 Å². The molecule has 0 unspecified atom stereocenters. The van der Waals surface area contributed by atoms with Crippen LogP contribution in [0.1, 0.15) is 41.2 Å². The minimum Gasteiger partial charge on any atom is -0.349 e. The van der Waals surface area contributed by atoms with E-state index in [1.54, 1.807) is 18.3 Å². The van der Waals surface area contributed by atoms with Gasteiger partial charge in [0.25, 0.3) is 0 Å². The molecule has 5 nitrogen and oxygen atoms in total. The summed E-state index contributed by atoms with van der Waals surface area (Å²) in [6, 6.07) is 15.8. The predicted octanol–water partition coefficient (Wildman–Crippen LogP) is 4.66. The lowest BCUT2D eigenvalue weighted by Crippen LogP contribution is -2.31. The molecule has 0 bridgehead atoms. The summed E-state index contributed by atoms with van der Waals surface area (Å²) < 4.78 is 16.3. The van der Waals surface area contributed by atoms with Gasteiger partial charge in [-0.15, -0.1) is 0 Å². The van der Waals surface area contributed by atoms with Gasteiger partial charge in [0.2, 0.25) is 5.91 Å². The number of benzene rings is 2. The SMILES string of the molecule is Cc1cc2nc(Cc3ccccc3F)n([C@H](C)C(=O)NCc3ccccn3)c2cc1C. The van der Waals surface area contributed by atoms with E-state index >= 15 is 0 Å². The number of hydrogen-bond acceptors (Lipinski definition) is 3. The summed E-state index contributed by atoms with van der Waals surface area (Å²) in [5.41, 5.74) is 5.26. The Balaban J connectivity index is 1.70. The Kier molecular flexibility index (Phi) is 5.80. The molecule has 1 N–H and O–H groups in total. The summed E-state index contributed by atoms with van der Waals surface area (Å²) in [6.45, 7) is 6.26. The third kappa shape index (κ3) is 4.33. The Labute approximate surface area is 181 Å². The van der Waals surface area contributed by atoms with Crippen LogP contribution in [0.2, 0.25) is 0 Å². The fourth-order valence-corrected chi connectivity index (χ4v) is 3.71. The number of aryl methyl sites for hydroxylation is 2. The number of imidazole rings is 1. The number of carbonyl (C=O) groups is 1. The van der Waals surface area contributed by atoms with Gasteiger partial charge in [-0.1, -0.05) is 24.3 Å². The maximum absolute atomic E-state index is 14.3. The quantitative estimate of drug-likeness (QED) is 0.498. The van der Waals surface area contributed by atoms with Gasteiger partial charge >= 0.3 is 0 Å². The average molecular weight is 417 g/mol. The van der Waals surface area contributed by atoms with Crippen LogP contribution < -0.4 is 5.32 Å². The number of nitrogens with one attached hydrogen (secondary N) is 1. The molecule has 4 rings (SSSR count). The van der Waals surface area contributed by atoms with Gasteiger partial charge < -0.3 is 9.88 Å². The summed E-state index contributed by atoms with van der Waals surface area (Å²) in [5.74, 6) is 0.240. The molecule has 0 saturated heterocycles. The van der Waals surface area contributed by atoms with Crippen LogP contribution in [-0.2, 0) is 17.8 Å². The zero-order valence-corrected chi connectivity index (χ0v) is 17.9. The highest BCUT2D eigenvalue weighted by atomic mass is 19.1. The fourth-order valence-electron chi connectivity index (χ4n) is 3.71. The van der Waals surface area contributed by atoms with Crippen LogP contribution >= 0.6 is 0 Å². The van der Waals surface area contributed by atoms with E-state index in [1.165, 1.54) is 6.07 Å². The molecule has 0 saturated carbocycles. The topological polar surface area (TPSA) is 59.8 Å². The first kappa shape index (κ1) is 20.7. The molecule has 0 fully saturated rings. The number of hydrogen-bond donors (Lipinski definition) is 1. The summed E-state index contributed by atoms with van der Waals surface area (Å²) >= 11 is 0. The van der Waals surface area contributed by atoms with Gasteiger partial charge in [-0.05, 0) is 67.8 Å². The van der Waals surface area contributed by atoms with Crippen LogP contribution in [0.25, 0.3) is 11.0 Å². The van der Waals surface area contributed by atoms with Crippen LogP contribution in [0.15, 0.2) is 60.8 Å². The Morgan fingerprint density at radius 3 is 2.58 bits per heavy atom. The highest BCUT2D eigenvalue weighted by Gasteiger charge is 2.23. The Morgan fingerprint density at radius 2 is 1.84 bits per heavy atom. The average Bonchev–Trinajstić information content (AvgIpc) is 3.10. The van der Waals surface area contributed by atoms with Crippen LogP contribution in [0.5, 0.6) is 0 Å². The van der Waals surface area contributed by atoms with Gasteiger partial charge in [0, 0.05) is 12.6 Å². The lowest BCUT2D eigenvalue weighted by Gasteiger charge is -2.18. The molecule has 31 heavy (non-hydrogen) atoms. The number of carbonyl (C=O) groups excluding carboxylic acids is 1. The molecular weight excluding hydrogens is 391 g/mol.